The van der Waals surface area contributed by atoms with E-state index >= 15 is 0 Å². The van der Waals surface area contributed by atoms with E-state index in [4.69, 9.17) is 30.8 Å². The first-order chi connectivity index (χ1) is 21.8. The summed E-state index contributed by atoms with van der Waals surface area (Å²) >= 11 is 10.4. The number of unbranched alkanes of at least 4 members (excludes halogenated alkanes) is 1. The van der Waals surface area contributed by atoms with Crippen LogP contribution in [0.15, 0.2) is 59.2 Å². The predicted octanol–water partition coefficient (Wildman–Crippen LogP) is 7.40. The Balaban J connectivity index is 1.34. The van der Waals surface area contributed by atoms with Crippen molar-refractivity contribution in [2.24, 2.45) is 5.92 Å². The number of halogens is 2. The molecule has 0 radical (unpaired) electrons. The minimum atomic E-state index is -0.00897. The van der Waals surface area contributed by atoms with Crippen molar-refractivity contribution in [2.75, 3.05) is 33.9 Å². The molecule has 1 amide bonds. The Bertz CT molecular complexity index is 1560. The number of fused-ring (bicyclic) bond motifs is 1. The summed E-state index contributed by atoms with van der Waals surface area (Å²) in [5.41, 5.74) is 4.71. The highest BCUT2D eigenvalue weighted by Crippen LogP contribution is 2.38. The van der Waals surface area contributed by atoms with Gasteiger partial charge in [-0.15, -0.1) is 0 Å². The Hall–Kier alpha value is -3.27. The summed E-state index contributed by atoms with van der Waals surface area (Å²) in [5.74, 6) is 2.23. The smallest absolute Gasteiger partial charge is 0.220 e. The summed E-state index contributed by atoms with van der Waals surface area (Å²) in [7, 11) is 3.29. The summed E-state index contributed by atoms with van der Waals surface area (Å²) in [6.07, 6.45) is 6.76. The average molecular weight is 700 g/mol. The van der Waals surface area contributed by atoms with Crippen LogP contribution >= 0.6 is 27.5 Å². The Labute approximate surface area is 279 Å². The van der Waals surface area contributed by atoms with Crippen LogP contribution in [-0.4, -0.2) is 49.2 Å². The van der Waals surface area contributed by atoms with Crippen molar-refractivity contribution in [3.05, 3.63) is 86.7 Å². The van der Waals surface area contributed by atoms with Crippen molar-refractivity contribution in [3.8, 4) is 17.2 Å². The Morgan fingerprint density at radius 2 is 1.87 bits per heavy atom. The first kappa shape index (κ1) is 34.6. The van der Waals surface area contributed by atoms with Crippen molar-refractivity contribution in [1.29, 1.82) is 0 Å². The molecule has 0 aliphatic heterocycles. The predicted molar refractivity (Wildman–Crippen MR) is 184 cm³/mol. The van der Waals surface area contributed by atoms with E-state index in [0.717, 1.165) is 77.2 Å². The Kier molecular flexibility index (Phi) is 13.4. The monoisotopic (exact) mass is 698 g/mol. The molecule has 0 fully saturated rings. The number of carbonyl (C=O) groups is 1. The van der Waals surface area contributed by atoms with E-state index in [9.17, 15) is 4.79 Å². The van der Waals surface area contributed by atoms with Gasteiger partial charge < -0.3 is 29.2 Å². The van der Waals surface area contributed by atoms with Gasteiger partial charge in [-0.3, -0.25) is 4.79 Å². The van der Waals surface area contributed by atoms with Gasteiger partial charge in [0.1, 0.15) is 18.0 Å². The number of methoxy groups -OCH3 is 2. The van der Waals surface area contributed by atoms with Gasteiger partial charge in [-0.2, -0.15) is 0 Å². The highest BCUT2D eigenvalue weighted by atomic mass is 79.9. The summed E-state index contributed by atoms with van der Waals surface area (Å²) in [5, 5.41) is 7.05. The molecular weight excluding hydrogens is 656 g/mol. The fourth-order valence-corrected chi connectivity index (χ4v) is 6.00. The number of nitrogens with one attached hydrogen (secondary N) is 2. The van der Waals surface area contributed by atoms with E-state index in [-0.39, 0.29) is 11.8 Å². The maximum absolute atomic E-state index is 13.0. The number of aromatic nitrogens is 2. The maximum atomic E-state index is 13.0. The second-order valence-electron chi connectivity index (χ2n) is 11.2. The molecule has 0 spiro atoms. The van der Waals surface area contributed by atoms with E-state index in [0.29, 0.717) is 42.5 Å². The molecular formula is C35H44BrClN4O4. The lowest BCUT2D eigenvalue weighted by Crippen LogP contribution is -2.24. The molecule has 0 aliphatic rings. The van der Waals surface area contributed by atoms with Crippen molar-refractivity contribution in [1.82, 2.24) is 20.0 Å². The fourth-order valence-electron chi connectivity index (χ4n) is 5.30. The van der Waals surface area contributed by atoms with Crippen molar-refractivity contribution in [3.63, 3.8) is 0 Å². The van der Waals surface area contributed by atoms with Crippen LogP contribution in [0.2, 0.25) is 5.02 Å². The number of imidazole rings is 1. The highest BCUT2D eigenvalue weighted by Gasteiger charge is 2.18. The molecule has 0 saturated heterocycles. The third kappa shape index (κ3) is 9.61. The molecule has 45 heavy (non-hydrogen) atoms. The molecule has 2 N–H and O–H groups in total. The fraction of sp³-hybridized carbons (Fsp3) is 0.429. The van der Waals surface area contributed by atoms with E-state index in [2.05, 4.69) is 50.9 Å². The molecule has 0 aliphatic carbocycles. The van der Waals surface area contributed by atoms with Gasteiger partial charge in [0.15, 0.2) is 11.5 Å². The Morgan fingerprint density at radius 1 is 1.07 bits per heavy atom. The topological polar surface area (TPSA) is 86.1 Å². The second-order valence-corrected chi connectivity index (χ2v) is 12.5. The van der Waals surface area contributed by atoms with E-state index in [1.54, 1.807) is 14.2 Å². The van der Waals surface area contributed by atoms with Crippen LogP contribution < -0.4 is 24.8 Å². The number of rotatable bonds is 18. The Morgan fingerprint density at radius 3 is 2.64 bits per heavy atom. The molecule has 2 heterocycles. The molecule has 4 rings (SSSR count). The largest absolute Gasteiger partial charge is 0.496 e. The molecule has 1 unspecified atom stereocenters. The zero-order valence-corrected chi connectivity index (χ0v) is 29.0. The van der Waals surface area contributed by atoms with Crippen molar-refractivity contribution in [2.45, 2.75) is 58.9 Å². The number of benzene rings is 2. The number of carbonyl (C=O) groups excluding carboxylic acids is 1. The first-order valence-corrected chi connectivity index (χ1v) is 16.7. The van der Waals surface area contributed by atoms with E-state index in [1.807, 2.05) is 48.7 Å². The van der Waals surface area contributed by atoms with E-state index < -0.39 is 0 Å². The summed E-state index contributed by atoms with van der Waals surface area (Å²) < 4.78 is 20.2. The molecule has 8 nitrogen and oxygen atoms in total. The third-order valence-electron chi connectivity index (χ3n) is 7.79. The molecule has 10 heteroatoms. The SMILES string of the molecule is CCCCNCCOc1c(OC)ccc(CC(C)CCC(=O)NCc2nc3ccccn3c2Cc2cc(Br)ccc2OC)c1Cl. The third-order valence-corrected chi connectivity index (χ3v) is 8.70. The van der Waals surface area contributed by atoms with Gasteiger partial charge >= 0.3 is 0 Å². The van der Waals surface area contributed by atoms with Gasteiger partial charge in [-0.05, 0) is 73.7 Å². The van der Waals surface area contributed by atoms with Crippen LogP contribution in [0, 0.1) is 5.92 Å². The standard InChI is InChI=1S/C35H44BrClN4O4/c1-5-6-16-38-17-19-45-35-31(44-4)13-11-25(34(35)37)20-24(2)10-15-33(42)39-23-28-29(41-18-8-7-9-32(41)40-28)22-26-21-27(36)12-14-30(26)43-3/h7-9,11-14,18,21,24,38H,5-6,10,15-17,19-20,22-23H2,1-4H3,(H,39,42). The van der Waals surface area contributed by atoms with Crippen LogP contribution in [0.25, 0.3) is 5.65 Å². The van der Waals surface area contributed by atoms with Gasteiger partial charge in [0.25, 0.3) is 0 Å². The maximum Gasteiger partial charge on any atom is 0.220 e. The molecule has 2 aromatic carbocycles. The number of pyridine rings is 1. The van der Waals surface area contributed by atoms with Gasteiger partial charge in [0.2, 0.25) is 5.91 Å². The minimum absolute atomic E-state index is 0.00897. The van der Waals surface area contributed by atoms with Gasteiger partial charge in [0.05, 0.1) is 37.2 Å². The first-order valence-electron chi connectivity index (χ1n) is 15.6. The molecule has 0 saturated carbocycles. The van der Waals surface area contributed by atoms with Crippen LogP contribution in [0.5, 0.6) is 17.2 Å². The molecule has 1 atom stereocenters. The van der Waals surface area contributed by atoms with Crippen LogP contribution in [0.3, 0.4) is 0 Å². The van der Waals surface area contributed by atoms with Gasteiger partial charge in [0, 0.05) is 35.6 Å². The number of nitrogens with zero attached hydrogens (tertiary/aromatic N) is 2. The number of amides is 1. The number of hydrogen-bond acceptors (Lipinski definition) is 6. The molecule has 242 valence electrons. The van der Waals surface area contributed by atoms with Gasteiger partial charge in [-0.25, -0.2) is 4.98 Å². The highest BCUT2D eigenvalue weighted by molar-refractivity contribution is 9.10. The normalized spacial score (nSPS) is 11.9. The quantitative estimate of drug-likeness (QED) is 0.105. The summed E-state index contributed by atoms with van der Waals surface area (Å²) in [4.78, 5) is 17.8. The average Bonchev–Trinajstić information content (AvgIpc) is 3.39. The van der Waals surface area contributed by atoms with Crippen LogP contribution in [0.4, 0.5) is 0 Å². The van der Waals surface area contributed by atoms with Crippen molar-refractivity contribution < 1.29 is 19.0 Å². The molecule has 0 bridgehead atoms. The minimum Gasteiger partial charge on any atom is -0.496 e. The zero-order chi connectivity index (χ0) is 32.2. The summed E-state index contributed by atoms with van der Waals surface area (Å²) in [6.45, 7) is 6.87. The number of hydrogen-bond donors (Lipinski definition) is 2. The van der Waals surface area contributed by atoms with E-state index in [1.165, 1.54) is 0 Å². The van der Waals surface area contributed by atoms with Crippen molar-refractivity contribution >= 4 is 39.1 Å². The lowest BCUT2D eigenvalue weighted by molar-refractivity contribution is -0.121. The van der Waals surface area contributed by atoms with Crippen LogP contribution in [-0.2, 0) is 24.2 Å². The molecule has 2 aromatic heterocycles. The number of ether oxygens (including phenoxy) is 3. The molecule has 4 aromatic rings. The van der Waals surface area contributed by atoms with Crippen LogP contribution in [0.1, 0.15) is 62.0 Å². The second kappa shape index (κ2) is 17.4. The summed E-state index contributed by atoms with van der Waals surface area (Å²) in [6, 6.07) is 15.8. The lowest BCUT2D eigenvalue weighted by Gasteiger charge is -2.17. The zero-order valence-electron chi connectivity index (χ0n) is 26.6. The lowest BCUT2D eigenvalue weighted by atomic mass is 9.96. The van der Waals surface area contributed by atoms with Gasteiger partial charge in [-0.1, -0.05) is 59.9 Å².